The summed E-state index contributed by atoms with van der Waals surface area (Å²) in [6.07, 6.45) is -5.22. The summed E-state index contributed by atoms with van der Waals surface area (Å²) in [5.41, 5.74) is -0.909. The van der Waals surface area contributed by atoms with E-state index in [4.69, 9.17) is 5.11 Å². The lowest BCUT2D eigenvalue weighted by Crippen LogP contribution is -2.11. The molecule has 1 aromatic rings. The van der Waals surface area contributed by atoms with Crippen molar-refractivity contribution in [3.8, 4) is 0 Å². The van der Waals surface area contributed by atoms with Crippen molar-refractivity contribution in [2.24, 2.45) is 0 Å². The summed E-state index contributed by atoms with van der Waals surface area (Å²) in [6, 6.07) is 3.55. The molecule has 6 nitrogen and oxygen atoms in total. The molecule has 0 aromatic heterocycles. The average Bonchev–Trinajstić information content (AvgIpc) is 2.36. The first-order valence-electron chi connectivity index (χ1n) is 6.03. The van der Waals surface area contributed by atoms with E-state index in [1.807, 2.05) is 0 Å². The zero-order valence-corrected chi connectivity index (χ0v) is 10.8. The molecule has 0 saturated heterocycles. The van der Waals surface area contributed by atoms with Crippen LogP contribution in [0, 0.1) is 10.1 Å². The summed E-state index contributed by atoms with van der Waals surface area (Å²) >= 11 is 0. The number of aromatic carboxylic acids is 1. The number of alkyl halides is 3. The molecule has 116 valence electrons. The standard InChI is InChI=1S/C12H13F3N2O4/c13-12(14,15)6-1-2-7-16-10-8(11(18)19)4-3-5-9(10)17(20)21/h3-5,16H,1-2,6-7H2,(H,18,19). The Labute approximate surface area is 117 Å². The Morgan fingerprint density at radius 1 is 1.33 bits per heavy atom. The Bertz CT molecular complexity index is 499. The lowest BCUT2D eigenvalue weighted by atomic mass is 10.1. The molecule has 0 unspecified atom stereocenters. The van der Waals surface area contributed by atoms with Crippen molar-refractivity contribution < 1.29 is 28.0 Å². The number of carbonyl (C=O) groups is 1. The number of para-hydroxylation sites is 1. The van der Waals surface area contributed by atoms with Gasteiger partial charge in [0.05, 0.1) is 10.5 Å². The highest BCUT2D eigenvalue weighted by molar-refractivity contribution is 5.96. The number of unbranched alkanes of at least 4 members (excludes halogenated alkanes) is 1. The number of carboxylic acids is 1. The molecule has 0 heterocycles. The number of nitrogens with zero attached hydrogens (tertiary/aromatic N) is 1. The fourth-order valence-corrected chi connectivity index (χ4v) is 1.72. The van der Waals surface area contributed by atoms with Gasteiger partial charge in [0.2, 0.25) is 0 Å². The number of hydrogen-bond acceptors (Lipinski definition) is 4. The maximum Gasteiger partial charge on any atom is 0.389 e. The Kier molecular flexibility index (Phi) is 5.51. The van der Waals surface area contributed by atoms with Gasteiger partial charge in [-0.05, 0) is 18.9 Å². The summed E-state index contributed by atoms with van der Waals surface area (Å²) < 4.78 is 35.9. The second kappa shape index (κ2) is 6.91. The van der Waals surface area contributed by atoms with Crippen molar-refractivity contribution in [1.29, 1.82) is 0 Å². The highest BCUT2D eigenvalue weighted by atomic mass is 19.4. The number of benzene rings is 1. The topological polar surface area (TPSA) is 92.5 Å². The fourth-order valence-electron chi connectivity index (χ4n) is 1.72. The predicted octanol–water partition coefficient (Wildman–Crippen LogP) is 3.44. The summed E-state index contributed by atoms with van der Waals surface area (Å²) in [4.78, 5) is 21.1. The first-order chi connectivity index (χ1) is 9.72. The second-order valence-corrected chi connectivity index (χ2v) is 4.26. The third-order valence-electron chi connectivity index (χ3n) is 2.66. The summed E-state index contributed by atoms with van der Waals surface area (Å²) in [5, 5.41) is 22.4. The third kappa shape index (κ3) is 5.28. The van der Waals surface area contributed by atoms with E-state index < -0.39 is 29.2 Å². The highest BCUT2D eigenvalue weighted by Crippen LogP contribution is 2.28. The molecule has 0 amide bonds. The van der Waals surface area contributed by atoms with Gasteiger partial charge in [0.15, 0.2) is 0 Å². The van der Waals surface area contributed by atoms with Crippen LogP contribution in [0.1, 0.15) is 29.6 Å². The van der Waals surface area contributed by atoms with Crippen LogP contribution in [0.5, 0.6) is 0 Å². The Hall–Kier alpha value is -2.32. The van der Waals surface area contributed by atoms with Gasteiger partial charge in [0.1, 0.15) is 5.69 Å². The minimum atomic E-state index is -4.25. The second-order valence-electron chi connectivity index (χ2n) is 4.26. The number of nitro benzene ring substituents is 1. The predicted molar refractivity (Wildman–Crippen MR) is 68.5 cm³/mol. The van der Waals surface area contributed by atoms with Gasteiger partial charge in [-0.3, -0.25) is 10.1 Å². The smallest absolute Gasteiger partial charge is 0.389 e. The number of carboxylic acid groups (broad SMARTS) is 1. The Morgan fingerprint density at radius 3 is 2.52 bits per heavy atom. The van der Waals surface area contributed by atoms with Crippen LogP contribution in [0.3, 0.4) is 0 Å². The van der Waals surface area contributed by atoms with Crippen LogP contribution in [0.15, 0.2) is 18.2 Å². The lowest BCUT2D eigenvalue weighted by molar-refractivity contribution is -0.384. The van der Waals surface area contributed by atoms with E-state index in [0.717, 1.165) is 6.07 Å². The maximum atomic E-state index is 12.0. The van der Waals surface area contributed by atoms with Gasteiger partial charge in [-0.2, -0.15) is 13.2 Å². The third-order valence-corrected chi connectivity index (χ3v) is 2.66. The van der Waals surface area contributed by atoms with Crippen molar-refractivity contribution in [1.82, 2.24) is 0 Å². The summed E-state index contributed by atoms with van der Waals surface area (Å²) in [5.74, 6) is -1.35. The molecule has 0 saturated carbocycles. The van der Waals surface area contributed by atoms with Crippen molar-refractivity contribution in [2.45, 2.75) is 25.4 Å². The molecule has 2 N–H and O–H groups in total. The van der Waals surface area contributed by atoms with Crippen molar-refractivity contribution in [3.63, 3.8) is 0 Å². The molecule has 0 aliphatic heterocycles. The molecule has 1 aromatic carbocycles. The Morgan fingerprint density at radius 2 is 2.00 bits per heavy atom. The van der Waals surface area contributed by atoms with Gasteiger partial charge in [-0.1, -0.05) is 6.07 Å². The van der Waals surface area contributed by atoms with E-state index in [1.54, 1.807) is 0 Å². The van der Waals surface area contributed by atoms with Gasteiger partial charge in [0.25, 0.3) is 5.69 Å². The van der Waals surface area contributed by atoms with E-state index in [0.29, 0.717) is 0 Å². The molecule has 1 rings (SSSR count). The SMILES string of the molecule is O=C(O)c1cccc([N+](=O)[O-])c1NCCCCC(F)(F)F. The van der Waals surface area contributed by atoms with Crippen molar-refractivity contribution >= 4 is 17.3 Å². The molecule has 0 aliphatic rings. The molecule has 0 spiro atoms. The van der Waals surface area contributed by atoms with E-state index >= 15 is 0 Å². The van der Waals surface area contributed by atoms with Crippen LogP contribution in [0.2, 0.25) is 0 Å². The minimum Gasteiger partial charge on any atom is -0.478 e. The highest BCUT2D eigenvalue weighted by Gasteiger charge is 2.26. The molecule has 0 radical (unpaired) electrons. The first-order valence-corrected chi connectivity index (χ1v) is 6.03. The first kappa shape index (κ1) is 16.7. The van der Waals surface area contributed by atoms with Crippen LogP contribution in [0.25, 0.3) is 0 Å². The minimum absolute atomic E-state index is 0.0151. The van der Waals surface area contributed by atoms with Gasteiger partial charge < -0.3 is 10.4 Å². The van der Waals surface area contributed by atoms with Crippen LogP contribution in [0.4, 0.5) is 24.5 Å². The Balaban J connectivity index is 2.73. The van der Waals surface area contributed by atoms with E-state index in [2.05, 4.69) is 5.32 Å². The molecular weight excluding hydrogens is 293 g/mol. The zero-order chi connectivity index (χ0) is 16.0. The maximum absolute atomic E-state index is 12.0. The monoisotopic (exact) mass is 306 g/mol. The summed E-state index contributed by atoms with van der Waals surface area (Å²) in [6.45, 7) is 0.0151. The average molecular weight is 306 g/mol. The molecule has 0 fully saturated rings. The normalized spacial score (nSPS) is 11.2. The van der Waals surface area contributed by atoms with Crippen LogP contribution in [-0.4, -0.2) is 28.7 Å². The van der Waals surface area contributed by atoms with Gasteiger partial charge in [-0.25, -0.2) is 4.79 Å². The van der Waals surface area contributed by atoms with Crippen LogP contribution in [-0.2, 0) is 0 Å². The van der Waals surface area contributed by atoms with Crippen LogP contribution >= 0.6 is 0 Å². The number of nitro groups is 1. The van der Waals surface area contributed by atoms with Crippen molar-refractivity contribution in [2.75, 3.05) is 11.9 Å². The van der Waals surface area contributed by atoms with Crippen LogP contribution < -0.4 is 5.32 Å². The quantitative estimate of drug-likeness (QED) is 0.457. The largest absolute Gasteiger partial charge is 0.478 e. The molecule has 9 heteroatoms. The molecule has 0 atom stereocenters. The van der Waals surface area contributed by atoms with E-state index in [1.165, 1.54) is 12.1 Å². The summed E-state index contributed by atoms with van der Waals surface area (Å²) in [7, 11) is 0. The number of anilines is 1. The number of hydrogen-bond donors (Lipinski definition) is 2. The number of rotatable bonds is 7. The molecule has 0 aliphatic carbocycles. The van der Waals surface area contributed by atoms with E-state index in [-0.39, 0.29) is 30.6 Å². The molecule has 21 heavy (non-hydrogen) atoms. The van der Waals surface area contributed by atoms with E-state index in [9.17, 15) is 28.1 Å². The fraction of sp³-hybridized carbons (Fsp3) is 0.417. The number of nitrogens with one attached hydrogen (secondary N) is 1. The van der Waals surface area contributed by atoms with Gasteiger partial charge in [-0.15, -0.1) is 0 Å². The molecule has 0 bridgehead atoms. The van der Waals surface area contributed by atoms with Crippen molar-refractivity contribution in [3.05, 3.63) is 33.9 Å². The van der Waals surface area contributed by atoms with Gasteiger partial charge >= 0.3 is 12.1 Å². The molecular formula is C12H13F3N2O4. The van der Waals surface area contributed by atoms with Gasteiger partial charge in [0, 0.05) is 19.0 Å². The lowest BCUT2D eigenvalue weighted by Gasteiger charge is -2.10. The number of halogens is 3. The zero-order valence-electron chi connectivity index (χ0n) is 10.8.